The predicted molar refractivity (Wildman–Crippen MR) is 85.9 cm³/mol. The van der Waals surface area contributed by atoms with Crippen molar-refractivity contribution in [2.45, 2.75) is 38.4 Å². The smallest absolute Gasteiger partial charge is 0.290 e. The number of aromatic nitrogens is 1. The second-order valence-corrected chi connectivity index (χ2v) is 6.48. The minimum atomic E-state index is 0.0447. The molecule has 4 rings (SSSR count). The molecule has 120 valence electrons. The number of likely N-dealkylation sites (tertiary alicyclic amines) is 2. The average molecular weight is 311 g/mol. The zero-order valence-corrected chi connectivity index (χ0v) is 13.3. The monoisotopic (exact) mass is 311 g/mol. The predicted octanol–water partition coefficient (Wildman–Crippen LogP) is 2.47. The van der Waals surface area contributed by atoms with Crippen molar-refractivity contribution >= 4 is 5.91 Å². The van der Waals surface area contributed by atoms with E-state index in [1.54, 1.807) is 12.5 Å². The molecular weight excluding hydrogens is 290 g/mol. The summed E-state index contributed by atoms with van der Waals surface area (Å²) in [4.78, 5) is 21.4. The number of nitrogens with zero attached hydrogens (tertiary/aromatic N) is 3. The highest BCUT2D eigenvalue weighted by molar-refractivity contribution is 5.93. The van der Waals surface area contributed by atoms with Crippen LogP contribution in [0.25, 0.3) is 0 Å². The molecule has 2 aliphatic heterocycles. The maximum absolute atomic E-state index is 12.7. The van der Waals surface area contributed by atoms with Crippen LogP contribution >= 0.6 is 0 Å². The van der Waals surface area contributed by atoms with Gasteiger partial charge in [-0.1, -0.05) is 6.07 Å². The third-order valence-electron chi connectivity index (χ3n) is 5.12. The number of carbonyl (C=O) groups excluding carboxylic acids is 1. The first kappa shape index (κ1) is 14.5. The molecule has 0 saturated carbocycles. The molecule has 5 nitrogen and oxygen atoms in total. The standard InChI is InChI=1S/C18H21N3O2/c1-13-6-10-23-17(13)18(22)21-9-5-15-16(21)4-8-20(15)12-14-3-2-7-19-11-14/h2-3,6-7,10-11,15-16H,4-5,8-9,12H2,1H3/t15-,16+/m0/s1. The van der Waals surface area contributed by atoms with Crippen molar-refractivity contribution in [2.75, 3.05) is 13.1 Å². The van der Waals surface area contributed by atoms with Crippen molar-refractivity contribution in [3.05, 3.63) is 53.7 Å². The van der Waals surface area contributed by atoms with Crippen molar-refractivity contribution < 1.29 is 9.21 Å². The van der Waals surface area contributed by atoms with Gasteiger partial charge < -0.3 is 9.32 Å². The summed E-state index contributed by atoms with van der Waals surface area (Å²) in [6, 6.07) is 6.71. The lowest BCUT2D eigenvalue weighted by molar-refractivity contribution is 0.0698. The van der Waals surface area contributed by atoms with Gasteiger partial charge in [0.1, 0.15) is 0 Å². The summed E-state index contributed by atoms with van der Waals surface area (Å²) in [6.45, 7) is 4.69. The maximum Gasteiger partial charge on any atom is 0.290 e. The summed E-state index contributed by atoms with van der Waals surface area (Å²) >= 11 is 0. The molecule has 0 N–H and O–H groups in total. The van der Waals surface area contributed by atoms with Crippen LogP contribution in [-0.4, -0.2) is 45.9 Å². The van der Waals surface area contributed by atoms with Gasteiger partial charge >= 0.3 is 0 Å². The van der Waals surface area contributed by atoms with Crippen LogP contribution in [0.1, 0.15) is 34.5 Å². The molecule has 4 heterocycles. The number of hydrogen-bond acceptors (Lipinski definition) is 4. The zero-order valence-electron chi connectivity index (χ0n) is 13.3. The molecule has 0 radical (unpaired) electrons. The second-order valence-electron chi connectivity index (χ2n) is 6.48. The number of furan rings is 1. The first-order valence-electron chi connectivity index (χ1n) is 8.22. The minimum absolute atomic E-state index is 0.0447. The van der Waals surface area contributed by atoms with Crippen molar-refractivity contribution in [2.24, 2.45) is 0 Å². The summed E-state index contributed by atoms with van der Waals surface area (Å²) in [5.41, 5.74) is 2.16. The summed E-state index contributed by atoms with van der Waals surface area (Å²) in [7, 11) is 0. The molecule has 0 bridgehead atoms. The van der Waals surface area contributed by atoms with Gasteiger partial charge in [-0.05, 0) is 37.5 Å². The molecule has 2 saturated heterocycles. The highest BCUT2D eigenvalue weighted by Gasteiger charge is 2.45. The average Bonchev–Trinajstić information content (AvgIpc) is 3.25. The van der Waals surface area contributed by atoms with Crippen molar-refractivity contribution in [1.29, 1.82) is 0 Å². The van der Waals surface area contributed by atoms with Crippen LogP contribution in [0.15, 0.2) is 41.3 Å². The van der Waals surface area contributed by atoms with Gasteiger partial charge in [0.15, 0.2) is 5.76 Å². The largest absolute Gasteiger partial charge is 0.459 e. The molecule has 0 aromatic carbocycles. The van der Waals surface area contributed by atoms with E-state index in [-0.39, 0.29) is 5.91 Å². The molecule has 1 amide bonds. The van der Waals surface area contributed by atoms with Gasteiger partial charge in [-0.2, -0.15) is 0 Å². The van der Waals surface area contributed by atoms with Crippen molar-refractivity contribution in [3.8, 4) is 0 Å². The molecule has 2 aromatic rings. The summed E-state index contributed by atoms with van der Waals surface area (Å²) < 4.78 is 5.40. The Morgan fingerprint density at radius 1 is 1.30 bits per heavy atom. The lowest BCUT2D eigenvalue weighted by Gasteiger charge is -2.25. The molecule has 2 fully saturated rings. The van der Waals surface area contributed by atoms with Crippen LogP contribution in [-0.2, 0) is 6.54 Å². The molecule has 2 aliphatic rings. The molecule has 2 aromatic heterocycles. The van der Waals surface area contributed by atoms with Crippen molar-refractivity contribution in [3.63, 3.8) is 0 Å². The molecule has 0 unspecified atom stereocenters. The minimum Gasteiger partial charge on any atom is -0.459 e. The Hall–Kier alpha value is -2.14. The topological polar surface area (TPSA) is 49.6 Å². The van der Waals surface area contributed by atoms with E-state index in [1.807, 2.05) is 30.2 Å². The summed E-state index contributed by atoms with van der Waals surface area (Å²) in [5.74, 6) is 0.541. The normalized spacial score (nSPS) is 24.1. The Morgan fingerprint density at radius 2 is 2.17 bits per heavy atom. The van der Waals surface area contributed by atoms with Crippen molar-refractivity contribution in [1.82, 2.24) is 14.8 Å². The number of pyridine rings is 1. The second kappa shape index (κ2) is 5.81. The van der Waals surface area contributed by atoms with E-state index in [0.29, 0.717) is 17.8 Å². The van der Waals surface area contributed by atoms with Gasteiger partial charge in [-0.25, -0.2) is 0 Å². The van der Waals surface area contributed by atoms with Gasteiger partial charge in [0.05, 0.1) is 6.26 Å². The third kappa shape index (κ3) is 2.55. The maximum atomic E-state index is 12.7. The quantitative estimate of drug-likeness (QED) is 0.874. The van der Waals surface area contributed by atoms with Crippen LogP contribution in [0.3, 0.4) is 0 Å². The van der Waals surface area contributed by atoms with Crippen LogP contribution in [0.5, 0.6) is 0 Å². The Balaban J connectivity index is 1.48. The fourth-order valence-corrected chi connectivity index (χ4v) is 3.97. The fourth-order valence-electron chi connectivity index (χ4n) is 3.97. The molecule has 0 spiro atoms. The Labute approximate surface area is 135 Å². The Morgan fingerprint density at radius 3 is 2.91 bits per heavy atom. The van der Waals surface area contributed by atoms with E-state index in [2.05, 4.69) is 16.0 Å². The van der Waals surface area contributed by atoms with Gasteiger partial charge in [-0.3, -0.25) is 14.7 Å². The first-order chi connectivity index (χ1) is 11.2. The SMILES string of the molecule is Cc1ccoc1C(=O)N1CC[C@H]2[C@H]1CCN2Cc1cccnc1. The lowest BCUT2D eigenvalue weighted by atomic mass is 10.1. The molecule has 0 aliphatic carbocycles. The van der Waals surface area contributed by atoms with Gasteiger partial charge in [-0.15, -0.1) is 0 Å². The van der Waals surface area contributed by atoms with Gasteiger partial charge in [0.25, 0.3) is 5.91 Å². The fraction of sp³-hybridized carbons (Fsp3) is 0.444. The number of carbonyl (C=O) groups is 1. The zero-order chi connectivity index (χ0) is 15.8. The van der Waals surface area contributed by atoms with E-state index < -0.39 is 0 Å². The van der Waals surface area contributed by atoms with Crippen LogP contribution < -0.4 is 0 Å². The number of fused-ring (bicyclic) bond motifs is 1. The third-order valence-corrected chi connectivity index (χ3v) is 5.12. The van der Waals surface area contributed by atoms with Crippen LogP contribution in [0, 0.1) is 6.92 Å². The number of amides is 1. The first-order valence-corrected chi connectivity index (χ1v) is 8.22. The van der Waals surface area contributed by atoms with Gasteiger partial charge in [0, 0.05) is 49.7 Å². The van der Waals surface area contributed by atoms with E-state index in [9.17, 15) is 4.79 Å². The van der Waals surface area contributed by atoms with E-state index >= 15 is 0 Å². The number of aryl methyl sites for hydroxylation is 1. The highest BCUT2D eigenvalue weighted by atomic mass is 16.3. The highest BCUT2D eigenvalue weighted by Crippen LogP contribution is 2.33. The molecular formula is C18H21N3O2. The Bertz CT molecular complexity index is 697. The van der Waals surface area contributed by atoms with Crippen LogP contribution in [0.4, 0.5) is 0 Å². The molecule has 23 heavy (non-hydrogen) atoms. The van der Waals surface area contributed by atoms with Crippen LogP contribution in [0.2, 0.25) is 0 Å². The number of hydrogen-bond donors (Lipinski definition) is 0. The van der Waals surface area contributed by atoms with E-state index in [4.69, 9.17) is 4.42 Å². The Kier molecular flexibility index (Phi) is 3.65. The van der Waals surface area contributed by atoms with E-state index in [0.717, 1.165) is 38.0 Å². The summed E-state index contributed by atoms with van der Waals surface area (Å²) in [5, 5.41) is 0. The lowest BCUT2D eigenvalue weighted by Crippen LogP contribution is -2.39. The molecule has 2 atom stereocenters. The number of rotatable bonds is 3. The van der Waals surface area contributed by atoms with Gasteiger partial charge in [0.2, 0.25) is 0 Å². The van der Waals surface area contributed by atoms with E-state index in [1.165, 1.54) is 5.56 Å². The molecule has 5 heteroatoms. The summed E-state index contributed by atoms with van der Waals surface area (Å²) in [6.07, 6.45) is 7.40.